The van der Waals surface area contributed by atoms with Gasteiger partial charge in [0.15, 0.2) is 0 Å². The topological polar surface area (TPSA) is 94.4 Å². The standard InChI is InChI=1S/C14H11N3O4/c1-8(18)16-14-5-12-9(6-15-14)7-21-13-4-10(17(19)20)2-3-11(12)13/h2-6H,7H2,1H3,(H,15,16,18). The number of nitro benzene ring substituents is 1. The molecular weight excluding hydrogens is 274 g/mol. The lowest BCUT2D eigenvalue weighted by Crippen LogP contribution is -2.11. The van der Waals surface area contributed by atoms with Gasteiger partial charge in [0, 0.05) is 30.3 Å². The van der Waals surface area contributed by atoms with Crippen molar-refractivity contribution >= 4 is 17.4 Å². The number of pyridine rings is 1. The molecule has 0 atom stereocenters. The Morgan fingerprint density at radius 2 is 2.19 bits per heavy atom. The molecule has 21 heavy (non-hydrogen) atoms. The molecule has 0 unspecified atom stereocenters. The van der Waals surface area contributed by atoms with Crippen molar-refractivity contribution in [3.63, 3.8) is 0 Å². The quantitative estimate of drug-likeness (QED) is 0.675. The van der Waals surface area contributed by atoms with E-state index in [0.717, 1.165) is 16.7 Å². The minimum absolute atomic E-state index is 0.0201. The molecule has 0 spiro atoms. The molecule has 1 amide bonds. The highest BCUT2D eigenvalue weighted by atomic mass is 16.6. The summed E-state index contributed by atoms with van der Waals surface area (Å²) in [6.07, 6.45) is 1.63. The summed E-state index contributed by atoms with van der Waals surface area (Å²) in [4.78, 5) is 25.6. The number of hydrogen-bond donors (Lipinski definition) is 1. The molecule has 0 fully saturated rings. The van der Waals surface area contributed by atoms with Gasteiger partial charge in [-0.3, -0.25) is 14.9 Å². The van der Waals surface area contributed by atoms with Gasteiger partial charge in [0.05, 0.1) is 11.0 Å². The van der Waals surface area contributed by atoms with Gasteiger partial charge < -0.3 is 10.1 Å². The van der Waals surface area contributed by atoms with Crippen molar-refractivity contribution in [2.45, 2.75) is 13.5 Å². The van der Waals surface area contributed by atoms with Crippen molar-refractivity contribution < 1.29 is 14.5 Å². The summed E-state index contributed by atoms with van der Waals surface area (Å²) in [5.41, 5.74) is 2.44. The highest BCUT2D eigenvalue weighted by Crippen LogP contribution is 2.39. The zero-order valence-electron chi connectivity index (χ0n) is 11.1. The van der Waals surface area contributed by atoms with Crippen LogP contribution in [0.25, 0.3) is 11.1 Å². The van der Waals surface area contributed by atoms with Crippen molar-refractivity contribution in [1.29, 1.82) is 0 Å². The van der Waals surface area contributed by atoms with Crippen LogP contribution in [0.1, 0.15) is 12.5 Å². The Kier molecular flexibility index (Phi) is 3.02. The highest BCUT2D eigenvalue weighted by Gasteiger charge is 2.21. The molecular formula is C14H11N3O4. The van der Waals surface area contributed by atoms with Gasteiger partial charge in [-0.05, 0) is 17.7 Å². The van der Waals surface area contributed by atoms with Crippen LogP contribution < -0.4 is 10.1 Å². The van der Waals surface area contributed by atoms with E-state index in [2.05, 4.69) is 10.3 Å². The lowest BCUT2D eigenvalue weighted by Gasteiger charge is -2.20. The largest absolute Gasteiger partial charge is 0.488 e. The fraction of sp³-hybridized carbons (Fsp3) is 0.143. The normalized spacial score (nSPS) is 11.9. The van der Waals surface area contributed by atoms with Crippen molar-refractivity contribution in [2.75, 3.05) is 5.32 Å². The smallest absolute Gasteiger partial charge is 0.273 e. The Morgan fingerprint density at radius 1 is 1.38 bits per heavy atom. The molecule has 0 bridgehead atoms. The molecule has 7 heteroatoms. The van der Waals surface area contributed by atoms with Gasteiger partial charge in [-0.2, -0.15) is 0 Å². The number of nitro groups is 1. The van der Waals surface area contributed by atoms with Gasteiger partial charge in [-0.1, -0.05) is 0 Å². The first-order valence-electron chi connectivity index (χ1n) is 6.23. The summed E-state index contributed by atoms with van der Waals surface area (Å²) in [7, 11) is 0. The molecule has 1 aromatic carbocycles. The van der Waals surface area contributed by atoms with E-state index >= 15 is 0 Å². The van der Waals surface area contributed by atoms with E-state index in [1.54, 1.807) is 18.3 Å². The Labute approximate surface area is 119 Å². The molecule has 2 aromatic rings. The summed E-state index contributed by atoms with van der Waals surface area (Å²) in [6, 6.07) is 6.21. The highest BCUT2D eigenvalue weighted by molar-refractivity contribution is 5.89. The number of aromatic nitrogens is 1. The van der Waals surface area contributed by atoms with Crippen LogP contribution in [0.15, 0.2) is 30.5 Å². The number of fused-ring (bicyclic) bond motifs is 3. The average molecular weight is 285 g/mol. The van der Waals surface area contributed by atoms with Gasteiger partial charge in [-0.25, -0.2) is 4.98 Å². The van der Waals surface area contributed by atoms with Crippen LogP contribution in [0.3, 0.4) is 0 Å². The molecule has 1 aromatic heterocycles. The maximum Gasteiger partial charge on any atom is 0.273 e. The molecule has 0 saturated heterocycles. The monoisotopic (exact) mass is 285 g/mol. The molecule has 1 aliphatic rings. The molecule has 0 radical (unpaired) electrons. The van der Waals surface area contributed by atoms with Crippen molar-refractivity contribution in [1.82, 2.24) is 4.98 Å². The number of non-ortho nitro benzene ring substituents is 1. The molecule has 1 aliphatic heterocycles. The van der Waals surface area contributed by atoms with E-state index < -0.39 is 4.92 Å². The second-order valence-electron chi connectivity index (χ2n) is 4.63. The Morgan fingerprint density at radius 3 is 2.90 bits per heavy atom. The first kappa shape index (κ1) is 13.0. The predicted octanol–water partition coefficient (Wildman–Crippen LogP) is 2.51. The third-order valence-electron chi connectivity index (χ3n) is 3.14. The minimum atomic E-state index is -0.464. The number of hydrogen-bond acceptors (Lipinski definition) is 5. The van der Waals surface area contributed by atoms with Crippen molar-refractivity contribution in [3.05, 3.63) is 46.1 Å². The van der Waals surface area contributed by atoms with Crippen LogP contribution in [0.2, 0.25) is 0 Å². The van der Waals surface area contributed by atoms with E-state index in [4.69, 9.17) is 4.74 Å². The minimum Gasteiger partial charge on any atom is -0.488 e. The molecule has 106 valence electrons. The molecule has 2 heterocycles. The lowest BCUT2D eigenvalue weighted by molar-refractivity contribution is -0.384. The van der Waals surface area contributed by atoms with Crippen LogP contribution in [0.4, 0.5) is 11.5 Å². The summed E-state index contributed by atoms with van der Waals surface area (Å²) in [5.74, 6) is 0.683. The van der Waals surface area contributed by atoms with Gasteiger partial charge in [0.1, 0.15) is 18.2 Å². The summed E-state index contributed by atoms with van der Waals surface area (Å²) in [5, 5.41) is 13.4. The van der Waals surface area contributed by atoms with Crippen molar-refractivity contribution in [2.24, 2.45) is 0 Å². The van der Waals surface area contributed by atoms with Gasteiger partial charge >= 0.3 is 0 Å². The number of amides is 1. The number of carbonyl (C=O) groups is 1. The number of nitrogens with one attached hydrogen (secondary N) is 1. The van der Waals surface area contributed by atoms with Crippen LogP contribution in [0, 0.1) is 10.1 Å². The number of rotatable bonds is 2. The third-order valence-corrected chi connectivity index (χ3v) is 3.14. The second kappa shape index (κ2) is 4.86. The number of benzene rings is 1. The van der Waals surface area contributed by atoms with Crippen LogP contribution in [-0.4, -0.2) is 15.8 Å². The van der Waals surface area contributed by atoms with Crippen molar-refractivity contribution in [3.8, 4) is 16.9 Å². The first-order valence-corrected chi connectivity index (χ1v) is 6.23. The maximum absolute atomic E-state index is 11.1. The molecule has 0 saturated carbocycles. The molecule has 3 rings (SSSR count). The Hall–Kier alpha value is -2.96. The van der Waals surface area contributed by atoms with Crippen LogP contribution >= 0.6 is 0 Å². The second-order valence-corrected chi connectivity index (χ2v) is 4.63. The van der Waals surface area contributed by atoms with Crippen LogP contribution in [0.5, 0.6) is 5.75 Å². The zero-order chi connectivity index (χ0) is 15.0. The number of nitrogens with zero attached hydrogens (tertiary/aromatic N) is 2. The number of anilines is 1. The summed E-state index contributed by atoms with van der Waals surface area (Å²) >= 11 is 0. The average Bonchev–Trinajstić information content (AvgIpc) is 2.45. The Balaban J connectivity index is 2.08. The first-order chi connectivity index (χ1) is 10.0. The third kappa shape index (κ3) is 2.40. The fourth-order valence-electron chi connectivity index (χ4n) is 2.22. The SMILES string of the molecule is CC(=O)Nc1cc2c(cn1)COc1cc([N+](=O)[O-])ccc1-2. The van der Waals surface area contributed by atoms with Gasteiger partial charge in [0.2, 0.25) is 5.91 Å². The number of carbonyl (C=O) groups excluding carboxylic acids is 1. The zero-order valence-corrected chi connectivity index (χ0v) is 11.1. The fourth-order valence-corrected chi connectivity index (χ4v) is 2.22. The lowest BCUT2D eigenvalue weighted by atomic mass is 9.98. The van der Waals surface area contributed by atoms with Gasteiger partial charge in [0.25, 0.3) is 5.69 Å². The molecule has 0 aliphatic carbocycles. The molecule has 7 nitrogen and oxygen atoms in total. The van der Waals surface area contributed by atoms with E-state index in [-0.39, 0.29) is 18.2 Å². The van der Waals surface area contributed by atoms with Gasteiger partial charge in [-0.15, -0.1) is 0 Å². The van der Waals surface area contributed by atoms with E-state index in [1.807, 2.05) is 0 Å². The van der Waals surface area contributed by atoms with E-state index in [0.29, 0.717) is 11.6 Å². The van der Waals surface area contributed by atoms with E-state index in [1.165, 1.54) is 19.1 Å². The summed E-state index contributed by atoms with van der Waals surface area (Å²) < 4.78 is 5.53. The van der Waals surface area contributed by atoms with Crippen LogP contribution in [-0.2, 0) is 11.4 Å². The van der Waals surface area contributed by atoms with E-state index in [9.17, 15) is 14.9 Å². The number of ether oxygens (including phenoxy) is 1. The summed E-state index contributed by atoms with van der Waals surface area (Å²) in [6.45, 7) is 1.69. The molecule has 1 N–H and O–H groups in total. The predicted molar refractivity (Wildman–Crippen MR) is 75.0 cm³/mol. The Bertz CT molecular complexity index is 758. The maximum atomic E-state index is 11.1.